The minimum Gasteiger partial charge on any atom is -0.355 e. The summed E-state index contributed by atoms with van der Waals surface area (Å²) in [6, 6.07) is 3.67. The van der Waals surface area contributed by atoms with Crippen molar-refractivity contribution in [3.05, 3.63) is 35.4 Å². The van der Waals surface area contributed by atoms with Crippen LogP contribution in [0.3, 0.4) is 0 Å². The van der Waals surface area contributed by atoms with Crippen molar-refractivity contribution in [1.82, 2.24) is 10.6 Å². The SMILES string of the molecule is CCCNC(=O)CNCc1ccc(F)c(F)c1. The Morgan fingerprint density at radius 1 is 1.29 bits per heavy atom. The fourth-order valence-corrected chi connectivity index (χ4v) is 1.30. The Balaban J connectivity index is 2.30. The Kier molecular flexibility index (Phi) is 5.56. The molecule has 0 atom stereocenters. The van der Waals surface area contributed by atoms with Gasteiger partial charge in [-0.1, -0.05) is 13.0 Å². The van der Waals surface area contributed by atoms with Crippen molar-refractivity contribution in [1.29, 1.82) is 0 Å². The molecule has 94 valence electrons. The molecule has 0 aliphatic carbocycles. The lowest BCUT2D eigenvalue weighted by atomic mass is 10.2. The van der Waals surface area contributed by atoms with Gasteiger partial charge in [-0.3, -0.25) is 4.79 Å². The van der Waals surface area contributed by atoms with Crippen molar-refractivity contribution in [2.24, 2.45) is 0 Å². The predicted molar refractivity (Wildman–Crippen MR) is 61.4 cm³/mol. The van der Waals surface area contributed by atoms with Crippen LogP contribution in [0, 0.1) is 11.6 Å². The van der Waals surface area contributed by atoms with Crippen molar-refractivity contribution in [3.63, 3.8) is 0 Å². The average molecular weight is 242 g/mol. The number of hydrogen-bond acceptors (Lipinski definition) is 2. The van der Waals surface area contributed by atoms with E-state index in [9.17, 15) is 13.6 Å². The molecule has 0 heterocycles. The zero-order chi connectivity index (χ0) is 12.7. The second-order valence-electron chi connectivity index (χ2n) is 3.70. The fraction of sp³-hybridized carbons (Fsp3) is 0.417. The summed E-state index contributed by atoms with van der Waals surface area (Å²) in [5.41, 5.74) is 0.604. The molecule has 1 amide bonds. The summed E-state index contributed by atoms with van der Waals surface area (Å²) in [7, 11) is 0. The minimum atomic E-state index is -0.875. The number of carbonyl (C=O) groups is 1. The molecule has 0 saturated carbocycles. The molecule has 0 aliphatic rings. The van der Waals surface area contributed by atoms with E-state index in [4.69, 9.17) is 0 Å². The summed E-state index contributed by atoms with van der Waals surface area (Å²) in [5.74, 6) is -1.84. The van der Waals surface area contributed by atoms with Gasteiger partial charge in [0.05, 0.1) is 6.54 Å². The first-order chi connectivity index (χ1) is 8.13. The Morgan fingerprint density at radius 2 is 2.06 bits per heavy atom. The van der Waals surface area contributed by atoms with E-state index in [0.717, 1.165) is 18.6 Å². The molecule has 0 unspecified atom stereocenters. The van der Waals surface area contributed by atoms with Crippen LogP contribution in [0.25, 0.3) is 0 Å². The maximum absolute atomic E-state index is 12.8. The largest absolute Gasteiger partial charge is 0.355 e. The molecule has 0 aliphatic heterocycles. The standard InChI is InChI=1S/C12H16F2N2O/c1-2-5-16-12(17)8-15-7-9-3-4-10(13)11(14)6-9/h3-4,6,15H,2,5,7-8H2,1H3,(H,16,17). The Labute approximate surface area is 99.2 Å². The smallest absolute Gasteiger partial charge is 0.233 e. The van der Waals surface area contributed by atoms with Gasteiger partial charge >= 0.3 is 0 Å². The van der Waals surface area contributed by atoms with E-state index in [-0.39, 0.29) is 12.5 Å². The van der Waals surface area contributed by atoms with E-state index < -0.39 is 11.6 Å². The molecular weight excluding hydrogens is 226 g/mol. The number of hydrogen-bond donors (Lipinski definition) is 2. The van der Waals surface area contributed by atoms with Gasteiger partial charge in [0.2, 0.25) is 5.91 Å². The molecular formula is C12H16F2N2O. The fourth-order valence-electron chi connectivity index (χ4n) is 1.30. The van der Waals surface area contributed by atoms with Crippen LogP contribution < -0.4 is 10.6 Å². The van der Waals surface area contributed by atoms with E-state index in [1.165, 1.54) is 6.07 Å². The molecule has 0 aromatic heterocycles. The monoisotopic (exact) mass is 242 g/mol. The quantitative estimate of drug-likeness (QED) is 0.795. The highest BCUT2D eigenvalue weighted by molar-refractivity contribution is 5.77. The lowest BCUT2D eigenvalue weighted by Crippen LogP contribution is -2.33. The first kappa shape index (κ1) is 13.6. The third-order valence-electron chi connectivity index (χ3n) is 2.17. The highest BCUT2D eigenvalue weighted by Crippen LogP contribution is 2.07. The van der Waals surface area contributed by atoms with Crippen LogP contribution in [0.5, 0.6) is 0 Å². The number of rotatable bonds is 6. The van der Waals surface area contributed by atoms with Crippen LogP contribution in [0.4, 0.5) is 8.78 Å². The molecule has 1 aromatic rings. The first-order valence-corrected chi connectivity index (χ1v) is 5.54. The molecule has 0 radical (unpaired) electrons. The van der Waals surface area contributed by atoms with Gasteiger partial charge in [0, 0.05) is 13.1 Å². The van der Waals surface area contributed by atoms with Crippen molar-refractivity contribution < 1.29 is 13.6 Å². The van der Waals surface area contributed by atoms with Crippen molar-refractivity contribution in [2.45, 2.75) is 19.9 Å². The minimum absolute atomic E-state index is 0.102. The third-order valence-corrected chi connectivity index (χ3v) is 2.17. The third kappa shape index (κ3) is 4.91. The summed E-state index contributed by atoms with van der Waals surface area (Å²) < 4.78 is 25.5. The maximum atomic E-state index is 12.8. The molecule has 0 saturated heterocycles. The molecule has 0 fully saturated rings. The van der Waals surface area contributed by atoms with E-state index in [2.05, 4.69) is 10.6 Å². The van der Waals surface area contributed by atoms with E-state index >= 15 is 0 Å². The van der Waals surface area contributed by atoms with Gasteiger partial charge in [-0.25, -0.2) is 8.78 Å². The van der Waals surface area contributed by atoms with Gasteiger partial charge in [-0.2, -0.15) is 0 Å². The van der Waals surface area contributed by atoms with Crippen LogP contribution in [-0.2, 0) is 11.3 Å². The molecule has 1 rings (SSSR count). The maximum Gasteiger partial charge on any atom is 0.233 e. The summed E-state index contributed by atoms with van der Waals surface area (Å²) >= 11 is 0. The Hall–Kier alpha value is -1.49. The molecule has 2 N–H and O–H groups in total. The Bertz CT molecular complexity index is 383. The lowest BCUT2D eigenvalue weighted by molar-refractivity contribution is -0.120. The number of halogens is 2. The van der Waals surface area contributed by atoms with Crippen LogP contribution in [0.15, 0.2) is 18.2 Å². The number of benzene rings is 1. The van der Waals surface area contributed by atoms with Crippen molar-refractivity contribution in [2.75, 3.05) is 13.1 Å². The van der Waals surface area contributed by atoms with Crippen molar-refractivity contribution >= 4 is 5.91 Å². The van der Waals surface area contributed by atoms with Gasteiger partial charge in [-0.15, -0.1) is 0 Å². The molecule has 5 heteroatoms. The molecule has 17 heavy (non-hydrogen) atoms. The van der Waals surface area contributed by atoms with Gasteiger partial charge in [0.15, 0.2) is 11.6 Å². The van der Waals surface area contributed by atoms with Crippen LogP contribution in [-0.4, -0.2) is 19.0 Å². The van der Waals surface area contributed by atoms with Gasteiger partial charge in [-0.05, 0) is 24.1 Å². The zero-order valence-corrected chi connectivity index (χ0v) is 9.72. The number of nitrogens with one attached hydrogen (secondary N) is 2. The summed E-state index contributed by atoms with van der Waals surface area (Å²) in [6.45, 7) is 3.11. The molecule has 0 bridgehead atoms. The lowest BCUT2D eigenvalue weighted by Gasteiger charge is -2.06. The van der Waals surface area contributed by atoms with Crippen LogP contribution in [0.2, 0.25) is 0 Å². The van der Waals surface area contributed by atoms with Gasteiger partial charge in [0.1, 0.15) is 0 Å². The first-order valence-electron chi connectivity index (χ1n) is 5.54. The average Bonchev–Trinajstić information content (AvgIpc) is 2.31. The van der Waals surface area contributed by atoms with Gasteiger partial charge < -0.3 is 10.6 Å². The van der Waals surface area contributed by atoms with E-state index in [1.807, 2.05) is 6.92 Å². The zero-order valence-electron chi connectivity index (χ0n) is 9.72. The van der Waals surface area contributed by atoms with E-state index in [1.54, 1.807) is 0 Å². The number of carbonyl (C=O) groups excluding carboxylic acids is 1. The second-order valence-corrected chi connectivity index (χ2v) is 3.70. The summed E-state index contributed by atoms with van der Waals surface area (Å²) in [6.07, 6.45) is 0.884. The summed E-state index contributed by atoms with van der Waals surface area (Å²) in [4.78, 5) is 11.2. The molecule has 3 nitrogen and oxygen atoms in total. The molecule has 1 aromatic carbocycles. The predicted octanol–water partition coefficient (Wildman–Crippen LogP) is 1.58. The highest BCUT2D eigenvalue weighted by Gasteiger charge is 2.03. The van der Waals surface area contributed by atoms with Gasteiger partial charge in [0.25, 0.3) is 0 Å². The normalized spacial score (nSPS) is 10.3. The van der Waals surface area contributed by atoms with Crippen molar-refractivity contribution in [3.8, 4) is 0 Å². The molecule has 0 spiro atoms. The topological polar surface area (TPSA) is 41.1 Å². The van der Waals surface area contributed by atoms with Crippen LogP contribution in [0.1, 0.15) is 18.9 Å². The second kappa shape index (κ2) is 6.96. The summed E-state index contributed by atoms with van der Waals surface area (Å²) in [5, 5.41) is 5.56. The Morgan fingerprint density at radius 3 is 2.71 bits per heavy atom. The number of amides is 1. The van der Waals surface area contributed by atoms with E-state index in [0.29, 0.717) is 18.7 Å². The van der Waals surface area contributed by atoms with Crippen LogP contribution >= 0.6 is 0 Å². The highest BCUT2D eigenvalue weighted by atomic mass is 19.2.